The number of alkyl halides is 1. The van der Waals surface area contributed by atoms with E-state index in [1.807, 2.05) is 0 Å². The highest BCUT2D eigenvalue weighted by molar-refractivity contribution is 9.09. The Bertz CT molecular complexity index is 431. The molecule has 2 rings (SSSR count). The zero-order valence-electron chi connectivity index (χ0n) is 12.0. The van der Waals surface area contributed by atoms with E-state index in [2.05, 4.69) is 62.7 Å². The maximum absolute atomic E-state index is 6.31. The van der Waals surface area contributed by atoms with E-state index < -0.39 is 0 Å². The average Bonchev–Trinajstić information content (AvgIpc) is 2.30. The summed E-state index contributed by atoms with van der Waals surface area (Å²) in [4.78, 5) is 0.589. The van der Waals surface area contributed by atoms with Crippen LogP contribution in [0.2, 0.25) is 0 Å². The molecule has 0 aromatic heterocycles. The summed E-state index contributed by atoms with van der Waals surface area (Å²) in [5.41, 5.74) is 4.08. The Morgan fingerprint density at radius 1 is 1.28 bits per heavy atom. The fraction of sp³-hybridized carbons (Fsp3) is 0.625. The first kappa shape index (κ1) is 13.9. The minimum atomic E-state index is 0.268. The molecule has 2 heteroatoms. The number of benzene rings is 1. The highest BCUT2D eigenvalue weighted by Crippen LogP contribution is 2.50. The van der Waals surface area contributed by atoms with Gasteiger partial charge in [0.15, 0.2) is 0 Å². The Hall–Kier alpha value is -0.500. The first-order valence-corrected chi connectivity index (χ1v) is 7.68. The second-order valence-corrected chi connectivity index (χ2v) is 7.00. The predicted molar refractivity (Wildman–Crippen MR) is 80.8 cm³/mol. The molecule has 1 aromatic carbocycles. The minimum Gasteiger partial charge on any atom is -0.489 e. The largest absolute Gasteiger partial charge is 0.489 e. The van der Waals surface area contributed by atoms with Crippen molar-refractivity contribution in [1.82, 2.24) is 0 Å². The molecule has 1 nitrogen and oxygen atoms in total. The molecule has 0 bridgehead atoms. The van der Waals surface area contributed by atoms with Crippen LogP contribution in [0.15, 0.2) is 12.1 Å². The van der Waals surface area contributed by atoms with Crippen molar-refractivity contribution in [2.75, 3.05) is 0 Å². The van der Waals surface area contributed by atoms with Crippen LogP contribution in [-0.2, 0) is 0 Å². The van der Waals surface area contributed by atoms with Crippen molar-refractivity contribution >= 4 is 15.9 Å². The average molecular weight is 311 g/mol. The fourth-order valence-corrected chi connectivity index (χ4v) is 3.85. The van der Waals surface area contributed by atoms with E-state index in [0.717, 1.165) is 18.6 Å². The Balaban J connectivity index is 2.21. The third-order valence-corrected chi connectivity index (χ3v) is 5.92. The smallest absolute Gasteiger partial charge is 0.125 e. The van der Waals surface area contributed by atoms with Gasteiger partial charge in [0.1, 0.15) is 11.9 Å². The van der Waals surface area contributed by atoms with Crippen LogP contribution in [0.1, 0.15) is 43.4 Å². The lowest BCUT2D eigenvalue weighted by atomic mass is 9.65. The normalized spacial score (nSPS) is 31.0. The van der Waals surface area contributed by atoms with Gasteiger partial charge in [-0.25, -0.2) is 0 Å². The molecule has 0 radical (unpaired) electrons. The third-order valence-electron chi connectivity index (χ3n) is 4.50. The van der Waals surface area contributed by atoms with Crippen LogP contribution in [0, 0.1) is 26.2 Å². The summed E-state index contributed by atoms with van der Waals surface area (Å²) in [5.74, 6) is 1.09. The van der Waals surface area contributed by atoms with Crippen LogP contribution < -0.4 is 4.74 Å². The van der Waals surface area contributed by atoms with Gasteiger partial charge in [0, 0.05) is 10.2 Å². The van der Waals surface area contributed by atoms with Gasteiger partial charge in [0.2, 0.25) is 0 Å². The van der Waals surface area contributed by atoms with E-state index in [1.165, 1.54) is 16.7 Å². The van der Waals surface area contributed by atoms with Crippen molar-refractivity contribution in [2.45, 2.75) is 58.4 Å². The minimum absolute atomic E-state index is 0.268. The second-order valence-electron chi connectivity index (χ2n) is 5.90. The molecule has 0 spiro atoms. The Labute approximate surface area is 119 Å². The fourth-order valence-electron chi connectivity index (χ4n) is 2.89. The van der Waals surface area contributed by atoms with E-state index in [1.54, 1.807) is 0 Å². The molecule has 1 aromatic rings. The van der Waals surface area contributed by atoms with Gasteiger partial charge < -0.3 is 4.74 Å². The van der Waals surface area contributed by atoms with E-state index in [9.17, 15) is 0 Å². The zero-order valence-corrected chi connectivity index (χ0v) is 13.6. The van der Waals surface area contributed by atoms with E-state index in [4.69, 9.17) is 4.74 Å². The number of hydrogen-bond acceptors (Lipinski definition) is 1. The van der Waals surface area contributed by atoms with Gasteiger partial charge in [-0.15, -0.1) is 0 Å². The molecule has 0 saturated heterocycles. The summed E-state index contributed by atoms with van der Waals surface area (Å²) in [6.45, 7) is 11.0. The first-order valence-electron chi connectivity index (χ1n) is 6.77. The molecule has 0 amide bonds. The van der Waals surface area contributed by atoms with Crippen molar-refractivity contribution in [1.29, 1.82) is 0 Å². The lowest BCUT2D eigenvalue weighted by molar-refractivity contribution is -0.0251. The van der Waals surface area contributed by atoms with Crippen LogP contribution in [0.5, 0.6) is 5.75 Å². The zero-order chi connectivity index (χ0) is 13.5. The third kappa shape index (κ3) is 2.20. The summed E-state index contributed by atoms with van der Waals surface area (Å²) in [6, 6.07) is 4.41. The summed E-state index contributed by atoms with van der Waals surface area (Å²) in [6.07, 6.45) is 2.60. The molecule has 0 N–H and O–H groups in total. The molecule has 0 heterocycles. The Kier molecular flexibility index (Phi) is 3.77. The molecule has 0 aliphatic heterocycles. The molecular formula is C16H23BrO. The highest BCUT2D eigenvalue weighted by atomic mass is 79.9. The highest BCUT2D eigenvalue weighted by Gasteiger charge is 2.51. The molecule has 1 fully saturated rings. The van der Waals surface area contributed by atoms with E-state index in [0.29, 0.717) is 10.9 Å². The van der Waals surface area contributed by atoms with Gasteiger partial charge >= 0.3 is 0 Å². The van der Waals surface area contributed by atoms with Gasteiger partial charge in [-0.1, -0.05) is 47.5 Å². The Morgan fingerprint density at radius 3 is 2.28 bits per heavy atom. The topological polar surface area (TPSA) is 9.23 Å². The number of rotatable bonds is 3. The van der Waals surface area contributed by atoms with Crippen LogP contribution in [-0.4, -0.2) is 10.9 Å². The summed E-state index contributed by atoms with van der Waals surface area (Å²) < 4.78 is 6.31. The van der Waals surface area contributed by atoms with Crippen LogP contribution >= 0.6 is 15.9 Å². The summed E-state index contributed by atoms with van der Waals surface area (Å²) in [5, 5.41) is 0. The monoisotopic (exact) mass is 310 g/mol. The predicted octanol–water partition coefficient (Wildman–Crippen LogP) is 4.94. The van der Waals surface area contributed by atoms with E-state index in [-0.39, 0.29) is 5.41 Å². The molecule has 100 valence electrons. The number of halogens is 1. The maximum Gasteiger partial charge on any atom is 0.125 e. The molecule has 3 unspecified atom stereocenters. The lowest BCUT2D eigenvalue weighted by Gasteiger charge is -2.51. The maximum atomic E-state index is 6.31. The molecule has 1 aliphatic carbocycles. The van der Waals surface area contributed by atoms with Gasteiger partial charge in [-0.05, 0) is 44.7 Å². The number of ether oxygens (including phenoxy) is 1. The SMILES string of the molecule is CCC1(C)C(Br)CC1Oc1c(C)cc(C)cc1C. The van der Waals surface area contributed by atoms with E-state index >= 15 is 0 Å². The number of hydrogen-bond donors (Lipinski definition) is 0. The van der Waals surface area contributed by atoms with Crippen molar-refractivity contribution in [3.8, 4) is 5.75 Å². The van der Waals surface area contributed by atoms with Crippen LogP contribution in [0.3, 0.4) is 0 Å². The molecule has 18 heavy (non-hydrogen) atoms. The lowest BCUT2D eigenvalue weighted by Crippen LogP contribution is -2.54. The molecular weight excluding hydrogens is 288 g/mol. The van der Waals surface area contributed by atoms with Crippen molar-refractivity contribution in [3.63, 3.8) is 0 Å². The first-order chi connectivity index (χ1) is 8.38. The van der Waals surface area contributed by atoms with Gasteiger partial charge in [0.25, 0.3) is 0 Å². The van der Waals surface area contributed by atoms with Crippen LogP contribution in [0.4, 0.5) is 0 Å². The molecule has 1 saturated carbocycles. The quantitative estimate of drug-likeness (QED) is 0.718. The summed E-state index contributed by atoms with van der Waals surface area (Å²) in [7, 11) is 0. The molecule has 3 atom stereocenters. The summed E-state index contributed by atoms with van der Waals surface area (Å²) >= 11 is 3.77. The number of aryl methyl sites for hydroxylation is 3. The van der Waals surface area contributed by atoms with Gasteiger partial charge in [-0.2, -0.15) is 0 Å². The van der Waals surface area contributed by atoms with Gasteiger partial charge in [-0.3, -0.25) is 0 Å². The van der Waals surface area contributed by atoms with Crippen molar-refractivity contribution in [3.05, 3.63) is 28.8 Å². The standard InChI is InChI=1S/C16H23BrO/c1-6-16(5)13(17)9-14(16)18-15-11(3)7-10(2)8-12(15)4/h7-8,13-14H,6,9H2,1-5H3. The van der Waals surface area contributed by atoms with Crippen molar-refractivity contribution < 1.29 is 4.74 Å². The van der Waals surface area contributed by atoms with Crippen molar-refractivity contribution in [2.24, 2.45) is 5.41 Å². The Morgan fingerprint density at radius 2 is 1.83 bits per heavy atom. The second kappa shape index (κ2) is 4.88. The van der Waals surface area contributed by atoms with Crippen LogP contribution in [0.25, 0.3) is 0 Å². The van der Waals surface area contributed by atoms with Gasteiger partial charge in [0.05, 0.1) is 0 Å². The molecule has 1 aliphatic rings.